The van der Waals surface area contributed by atoms with Crippen LogP contribution in [0.2, 0.25) is 0 Å². The van der Waals surface area contributed by atoms with Crippen LogP contribution in [0.5, 0.6) is 23.0 Å². The Labute approximate surface area is 186 Å². The van der Waals surface area contributed by atoms with E-state index in [0.29, 0.717) is 23.5 Å². The van der Waals surface area contributed by atoms with E-state index < -0.39 is 23.5 Å². The van der Waals surface area contributed by atoms with Gasteiger partial charge in [-0.05, 0) is 18.6 Å². The molecule has 156 valence electrons. The van der Waals surface area contributed by atoms with Crippen molar-refractivity contribution in [2.75, 3.05) is 14.2 Å². The lowest BCUT2D eigenvalue weighted by atomic mass is 9.80. The molecule has 7 nitrogen and oxygen atoms in total. The predicted molar refractivity (Wildman–Crippen MR) is 114 cm³/mol. The molecule has 2 aromatic carbocycles. The summed E-state index contributed by atoms with van der Waals surface area (Å²) in [6.45, 7) is 1.85. The summed E-state index contributed by atoms with van der Waals surface area (Å²) < 4.78 is 22.8. The van der Waals surface area contributed by atoms with E-state index in [1.54, 1.807) is 12.1 Å². The van der Waals surface area contributed by atoms with Crippen LogP contribution in [-0.2, 0) is 4.74 Å². The molecule has 1 fully saturated rings. The maximum atomic E-state index is 13.4. The predicted octanol–water partition coefficient (Wildman–Crippen LogP) is 3.95. The number of carbonyl (C=O) groups excluding carboxylic acids is 2. The van der Waals surface area contributed by atoms with Crippen LogP contribution in [0.3, 0.4) is 0 Å². The van der Waals surface area contributed by atoms with E-state index in [0.717, 1.165) is 6.42 Å². The summed E-state index contributed by atoms with van der Waals surface area (Å²) in [7, 11) is 2.89. The number of rotatable bonds is 2. The average molecular weight is 522 g/mol. The van der Waals surface area contributed by atoms with Crippen LogP contribution >= 0.6 is 22.6 Å². The van der Waals surface area contributed by atoms with Gasteiger partial charge in [0.05, 0.1) is 30.9 Å². The van der Waals surface area contributed by atoms with Gasteiger partial charge >= 0.3 is 0 Å². The Morgan fingerprint density at radius 3 is 2.53 bits per heavy atom. The van der Waals surface area contributed by atoms with E-state index in [9.17, 15) is 14.7 Å². The number of aromatic hydroxyl groups is 1. The van der Waals surface area contributed by atoms with Crippen LogP contribution in [0.25, 0.3) is 0 Å². The number of benzene rings is 2. The van der Waals surface area contributed by atoms with Gasteiger partial charge in [-0.1, -0.05) is 22.6 Å². The topological polar surface area (TPSA) is 91.3 Å². The minimum atomic E-state index is -0.827. The zero-order chi connectivity index (χ0) is 21.4. The number of hydrogen-bond donors (Lipinski definition) is 1. The maximum Gasteiger partial charge on any atom is 0.208 e. The van der Waals surface area contributed by atoms with Crippen LogP contribution in [-0.4, -0.2) is 40.6 Å². The number of phenolic OH excluding ortho intramolecular Hbond substituents is 1. The number of ether oxygens (including phenoxy) is 4. The van der Waals surface area contributed by atoms with Crippen molar-refractivity contribution in [3.63, 3.8) is 0 Å². The van der Waals surface area contributed by atoms with Gasteiger partial charge in [-0.3, -0.25) is 9.59 Å². The molecule has 0 amide bonds. The minimum absolute atomic E-state index is 0.0420. The molecule has 1 N–H and O–H groups in total. The van der Waals surface area contributed by atoms with Gasteiger partial charge in [-0.2, -0.15) is 0 Å². The lowest BCUT2D eigenvalue weighted by Gasteiger charge is -2.46. The first-order chi connectivity index (χ1) is 14.3. The number of methoxy groups -OCH3 is 2. The van der Waals surface area contributed by atoms with Crippen molar-refractivity contribution in [2.24, 2.45) is 0 Å². The molecular weight excluding hydrogens is 503 g/mol. The molecule has 2 bridgehead atoms. The lowest BCUT2D eigenvalue weighted by molar-refractivity contribution is -0.239. The van der Waals surface area contributed by atoms with Crippen LogP contribution < -0.4 is 14.2 Å². The Hall–Kier alpha value is -2.33. The number of alkyl halides is 1. The second-order valence-electron chi connectivity index (χ2n) is 7.80. The summed E-state index contributed by atoms with van der Waals surface area (Å²) in [5.74, 6) is -0.968. The van der Waals surface area contributed by atoms with Gasteiger partial charge < -0.3 is 24.1 Å². The van der Waals surface area contributed by atoms with Crippen LogP contribution in [0.15, 0.2) is 18.2 Å². The fourth-order valence-electron chi connectivity index (χ4n) is 4.48. The summed E-state index contributed by atoms with van der Waals surface area (Å²) in [6, 6.07) is 4.62. The molecule has 2 aromatic rings. The Bertz CT molecular complexity index is 1130. The van der Waals surface area contributed by atoms with Gasteiger partial charge in [-0.25, -0.2) is 0 Å². The van der Waals surface area contributed by atoms with Gasteiger partial charge in [-0.15, -0.1) is 0 Å². The molecule has 0 aromatic heterocycles. The number of phenols is 1. The van der Waals surface area contributed by atoms with Crippen molar-refractivity contribution in [3.05, 3.63) is 46.0 Å². The Balaban J connectivity index is 1.76. The summed E-state index contributed by atoms with van der Waals surface area (Å²) in [5.41, 5.74) is 0.770. The highest BCUT2D eigenvalue weighted by molar-refractivity contribution is 14.1. The fraction of sp³-hybridized carbons (Fsp3) is 0.364. The number of hydrogen-bond acceptors (Lipinski definition) is 7. The smallest absolute Gasteiger partial charge is 0.208 e. The molecule has 2 heterocycles. The number of carbonyl (C=O) groups is 2. The Kier molecular flexibility index (Phi) is 4.31. The van der Waals surface area contributed by atoms with Crippen LogP contribution in [0.4, 0.5) is 0 Å². The first-order valence-corrected chi connectivity index (χ1v) is 10.8. The lowest BCUT2D eigenvalue weighted by Crippen LogP contribution is -2.47. The normalized spacial score (nSPS) is 26.3. The van der Waals surface area contributed by atoms with E-state index in [4.69, 9.17) is 18.9 Å². The molecule has 0 spiro atoms. The van der Waals surface area contributed by atoms with Gasteiger partial charge in [0.1, 0.15) is 29.1 Å². The number of halogens is 1. The standard InChI is InChI=1S/C22H19IO7/c1-22-5-4-12(23)21(30-22)17-14(29-22)8-11-16(20(17)26)19(25)15-10(18(11)24)6-9(27-2)7-13(15)28-3/h6-8,12,21,26H,4-5H2,1-3H3/t12-,21-,22+/m0/s1. The van der Waals surface area contributed by atoms with Gasteiger partial charge in [0, 0.05) is 34.5 Å². The summed E-state index contributed by atoms with van der Waals surface area (Å²) in [6.07, 6.45) is 1.11. The third-order valence-corrected chi connectivity index (χ3v) is 7.24. The molecule has 3 aliphatic rings. The third kappa shape index (κ3) is 2.59. The molecule has 1 saturated heterocycles. The van der Waals surface area contributed by atoms with E-state index >= 15 is 0 Å². The Morgan fingerprint density at radius 1 is 1.10 bits per heavy atom. The molecule has 0 saturated carbocycles. The molecular formula is C22H19IO7. The molecule has 3 atom stereocenters. The monoisotopic (exact) mass is 522 g/mol. The quantitative estimate of drug-likeness (QED) is 0.403. The van der Waals surface area contributed by atoms with Crippen molar-refractivity contribution >= 4 is 34.2 Å². The first-order valence-electron chi connectivity index (χ1n) is 9.54. The van der Waals surface area contributed by atoms with Crippen LogP contribution in [0, 0.1) is 0 Å². The highest BCUT2D eigenvalue weighted by Gasteiger charge is 2.49. The van der Waals surface area contributed by atoms with Gasteiger partial charge in [0.15, 0.2) is 5.78 Å². The molecule has 2 aliphatic heterocycles. The minimum Gasteiger partial charge on any atom is -0.507 e. The van der Waals surface area contributed by atoms with Crippen molar-refractivity contribution in [3.8, 4) is 23.0 Å². The SMILES string of the molecule is COc1cc(OC)c2c(c1)C(=O)c1cc3c(c(O)c1C2=O)[C@H]1O[C@](C)(CC[C@@H]1I)O3. The zero-order valence-corrected chi connectivity index (χ0v) is 18.7. The molecule has 30 heavy (non-hydrogen) atoms. The largest absolute Gasteiger partial charge is 0.507 e. The van der Waals surface area contributed by atoms with Gasteiger partial charge in [0.2, 0.25) is 11.6 Å². The second kappa shape index (κ2) is 6.58. The van der Waals surface area contributed by atoms with Crippen LogP contribution in [0.1, 0.15) is 63.3 Å². The van der Waals surface area contributed by atoms with Gasteiger partial charge in [0.25, 0.3) is 0 Å². The summed E-state index contributed by atoms with van der Waals surface area (Å²) in [4.78, 5) is 26.8. The summed E-state index contributed by atoms with van der Waals surface area (Å²) >= 11 is 2.29. The van der Waals surface area contributed by atoms with Crippen molar-refractivity contribution in [1.82, 2.24) is 0 Å². The summed E-state index contributed by atoms with van der Waals surface area (Å²) in [5, 5.41) is 11.2. The molecule has 1 aliphatic carbocycles. The third-order valence-electron chi connectivity index (χ3n) is 5.97. The van der Waals surface area contributed by atoms with Crippen molar-refractivity contribution in [2.45, 2.75) is 35.6 Å². The Morgan fingerprint density at radius 2 is 1.83 bits per heavy atom. The van der Waals surface area contributed by atoms with Crippen molar-refractivity contribution in [1.29, 1.82) is 0 Å². The molecule has 0 radical (unpaired) electrons. The van der Waals surface area contributed by atoms with E-state index in [1.807, 2.05) is 6.92 Å². The first kappa shape index (κ1) is 19.6. The van der Waals surface area contributed by atoms with E-state index in [2.05, 4.69) is 22.6 Å². The number of fused-ring (bicyclic) bond motifs is 6. The molecule has 8 heteroatoms. The van der Waals surface area contributed by atoms with Crippen molar-refractivity contribution < 1.29 is 33.6 Å². The second-order valence-corrected chi connectivity index (χ2v) is 9.40. The molecule has 5 rings (SSSR count). The molecule has 0 unspecified atom stereocenters. The maximum absolute atomic E-state index is 13.4. The highest BCUT2D eigenvalue weighted by atomic mass is 127. The highest BCUT2D eigenvalue weighted by Crippen LogP contribution is 2.54. The van der Waals surface area contributed by atoms with E-state index in [1.165, 1.54) is 20.3 Å². The van der Waals surface area contributed by atoms with E-state index in [-0.39, 0.29) is 37.7 Å². The number of ketones is 2. The average Bonchev–Trinajstić information content (AvgIpc) is 2.73. The zero-order valence-electron chi connectivity index (χ0n) is 16.6. The fourth-order valence-corrected chi connectivity index (χ4v) is 5.30.